The molecular weight excluding hydrogens is 204 g/mol. The smallest absolute Gasteiger partial charge is 0.321 e. The monoisotopic (exact) mass is 220 g/mol. The van der Waals surface area contributed by atoms with Gasteiger partial charge >= 0.3 is 5.97 Å². The fraction of sp³-hybridized carbons (Fsp3) is 0.462. The molecule has 0 saturated heterocycles. The van der Waals surface area contributed by atoms with Gasteiger partial charge in [0.05, 0.1) is 5.41 Å². The highest BCUT2D eigenvalue weighted by Gasteiger charge is 2.44. The topological polar surface area (TPSA) is 46.5 Å². The molecule has 0 fully saturated rings. The zero-order valence-electron chi connectivity index (χ0n) is 10.3. The van der Waals surface area contributed by atoms with Gasteiger partial charge < -0.3 is 9.84 Å². The Morgan fingerprint density at radius 2 is 1.62 bits per heavy atom. The van der Waals surface area contributed by atoms with E-state index in [0.717, 1.165) is 22.3 Å². The number of hydrogen-bond donors (Lipinski definition) is 1. The Hall–Kier alpha value is -1.51. The first-order valence-corrected chi connectivity index (χ1v) is 5.34. The molecule has 1 aromatic carbocycles. The predicted molar refractivity (Wildman–Crippen MR) is 61.0 cm³/mol. The van der Waals surface area contributed by atoms with E-state index in [1.54, 1.807) is 0 Å². The maximum absolute atomic E-state index is 11.8. The van der Waals surface area contributed by atoms with Crippen LogP contribution in [0, 0.1) is 20.8 Å². The molecule has 0 atom stereocenters. The van der Waals surface area contributed by atoms with Crippen molar-refractivity contribution in [3.8, 4) is 11.5 Å². The number of aromatic hydroxyl groups is 1. The van der Waals surface area contributed by atoms with E-state index in [1.165, 1.54) is 0 Å². The molecule has 1 aliphatic heterocycles. The molecule has 2 rings (SSSR count). The third-order valence-electron chi connectivity index (χ3n) is 3.55. The molecule has 0 aliphatic carbocycles. The Bertz CT molecular complexity index is 499. The van der Waals surface area contributed by atoms with Crippen molar-refractivity contribution in [2.45, 2.75) is 40.0 Å². The van der Waals surface area contributed by atoms with Crippen molar-refractivity contribution in [2.75, 3.05) is 0 Å². The summed E-state index contributed by atoms with van der Waals surface area (Å²) >= 11 is 0. The maximum Gasteiger partial charge on any atom is 0.321 e. The first-order valence-electron chi connectivity index (χ1n) is 5.34. The van der Waals surface area contributed by atoms with E-state index in [2.05, 4.69) is 0 Å². The van der Waals surface area contributed by atoms with Crippen molar-refractivity contribution in [2.24, 2.45) is 0 Å². The van der Waals surface area contributed by atoms with Crippen molar-refractivity contribution in [3.05, 3.63) is 22.3 Å². The van der Waals surface area contributed by atoms with Gasteiger partial charge in [-0.25, -0.2) is 0 Å². The minimum absolute atomic E-state index is 0.251. The van der Waals surface area contributed by atoms with E-state index in [1.807, 2.05) is 34.6 Å². The number of phenolic OH excluding ortho intramolecular Hbond substituents is 1. The molecule has 0 radical (unpaired) electrons. The highest BCUT2D eigenvalue weighted by atomic mass is 16.5. The lowest BCUT2D eigenvalue weighted by molar-refractivity contribution is -0.137. The van der Waals surface area contributed by atoms with Crippen LogP contribution in [0.25, 0.3) is 0 Å². The first-order chi connectivity index (χ1) is 7.28. The van der Waals surface area contributed by atoms with E-state index < -0.39 is 5.41 Å². The zero-order valence-corrected chi connectivity index (χ0v) is 10.3. The number of fused-ring (bicyclic) bond motifs is 1. The summed E-state index contributed by atoms with van der Waals surface area (Å²) in [6, 6.07) is 0. The van der Waals surface area contributed by atoms with Gasteiger partial charge in [-0.15, -0.1) is 0 Å². The van der Waals surface area contributed by atoms with Crippen molar-refractivity contribution in [3.63, 3.8) is 0 Å². The van der Waals surface area contributed by atoms with Crippen LogP contribution >= 0.6 is 0 Å². The fourth-order valence-corrected chi connectivity index (χ4v) is 2.31. The summed E-state index contributed by atoms with van der Waals surface area (Å²) in [5.74, 6) is 0.643. The predicted octanol–water partition coefficient (Wildman–Crippen LogP) is 2.51. The Labute approximate surface area is 95.0 Å². The van der Waals surface area contributed by atoms with Gasteiger partial charge in [-0.1, -0.05) is 0 Å². The summed E-state index contributed by atoms with van der Waals surface area (Å²) in [5.41, 5.74) is 2.51. The van der Waals surface area contributed by atoms with Crippen LogP contribution in [0.1, 0.15) is 36.1 Å². The number of ether oxygens (including phenoxy) is 1. The Kier molecular flexibility index (Phi) is 2.06. The van der Waals surface area contributed by atoms with Crippen LogP contribution in [0.2, 0.25) is 0 Å². The molecule has 1 aromatic rings. The standard InChI is InChI=1S/C13H16O3/c1-6-7(2)11-9(8(3)10(6)14)13(4,5)12(15)16-11/h14H,1-5H3. The highest BCUT2D eigenvalue weighted by Crippen LogP contribution is 2.47. The van der Waals surface area contributed by atoms with Crippen LogP contribution in [0.3, 0.4) is 0 Å². The average Bonchev–Trinajstić information content (AvgIpc) is 2.45. The normalized spacial score (nSPS) is 17.2. The molecule has 0 bridgehead atoms. The SMILES string of the molecule is Cc1c(C)c2c(c(C)c1O)C(C)(C)C(=O)O2. The molecule has 1 N–H and O–H groups in total. The lowest BCUT2D eigenvalue weighted by atomic mass is 9.81. The summed E-state index contributed by atoms with van der Waals surface area (Å²) in [4.78, 5) is 11.8. The second-order valence-electron chi connectivity index (χ2n) is 4.94. The lowest BCUT2D eigenvalue weighted by Crippen LogP contribution is -2.26. The molecule has 1 heterocycles. The van der Waals surface area contributed by atoms with Gasteiger partial charge in [0.1, 0.15) is 11.5 Å². The molecule has 16 heavy (non-hydrogen) atoms. The Balaban J connectivity index is 2.87. The molecule has 0 saturated carbocycles. The fourth-order valence-electron chi connectivity index (χ4n) is 2.31. The largest absolute Gasteiger partial charge is 0.507 e. The molecule has 1 aliphatic rings. The van der Waals surface area contributed by atoms with Crippen molar-refractivity contribution in [1.82, 2.24) is 0 Å². The molecule has 0 spiro atoms. The van der Waals surface area contributed by atoms with Crippen LogP contribution in [0.15, 0.2) is 0 Å². The first kappa shape index (κ1) is 11.0. The van der Waals surface area contributed by atoms with Crippen molar-refractivity contribution < 1.29 is 14.6 Å². The summed E-state index contributed by atoms with van der Waals surface area (Å²) in [6.07, 6.45) is 0. The summed E-state index contributed by atoms with van der Waals surface area (Å²) in [7, 11) is 0. The van der Waals surface area contributed by atoms with Gasteiger partial charge in [0.25, 0.3) is 0 Å². The van der Waals surface area contributed by atoms with E-state index in [4.69, 9.17) is 4.74 Å². The second kappa shape index (κ2) is 3.00. The van der Waals surface area contributed by atoms with E-state index in [-0.39, 0.29) is 11.7 Å². The van der Waals surface area contributed by atoms with Gasteiger partial charge in [0.15, 0.2) is 0 Å². The molecule has 0 unspecified atom stereocenters. The quantitative estimate of drug-likeness (QED) is 0.539. The van der Waals surface area contributed by atoms with E-state index >= 15 is 0 Å². The number of esters is 1. The highest BCUT2D eigenvalue weighted by molar-refractivity contribution is 5.91. The van der Waals surface area contributed by atoms with Crippen LogP contribution in [-0.2, 0) is 10.2 Å². The van der Waals surface area contributed by atoms with Crippen LogP contribution in [-0.4, -0.2) is 11.1 Å². The second-order valence-corrected chi connectivity index (χ2v) is 4.94. The Morgan fingerprint density at radius 3 is 2.19 bits per heavy atom. The number of rotatable bonds is 0. The van der Waals surface area contributed by atoms with Gasteiger partial charge in [-0.05, 0) is 51.3 Å². The van der Waals surface area contributed by atoms with E-state index in [9.17, 15) is 9.90 Å². The van der Waals surface area contributed by atoms with Crippen molar-refractivity contribution >= 4 is 5.97 Å². The number of hydrogen-bond acceptors (Lipinski definition) is 3. The summed E-state index contributed by atoms with van der Waals surface area (Å²) < 4.78 is 5.32. The molecule has 3 heteroatoms. The van der Waals surface area contributed by atoms with Crippen LogP contribution in [0.4, 0.5) is 0 Å². The summed E-state index contributed by atoms with van der Waals surface area (Å²) in [6.45, 7) is 9.16. The number of carbonyl (C=O) groups excluding carboxylic acids is 1. The lowest BCUT2D eigenvalue weighted by Gasteiger charge is -2.18. The Morgan fingerprint density at radius 1 is 1.06 bits per heavy atom. The minimum Gasteiger partial charge on any atom is -0.507 e. The van der Waals surface area contributed by atoms with Gasteiger partial charge in [0.2, 0.25) is 0 Å². The van der Waals surface area contributed by atoms with Crippen LogP contribution in [0.5, 0.6) is 11.5 Å². The molecule has 0 aromatic heterocycles. The average molecular weight is 220 g/mol. The third kappa shape index (κ3) is 1.11. The van der Waals surface area contributed by atoms with Crippen LogP contribution < -0.4 is 4.74 Å². The maximum atomic E-state index is 11.8. The molecular formula is C13H16O3. The summed E-state index contributed by atoms with van der Waals surface area (Å²) in [5, 5.41) is 10.0. The van der Waals surface area contributed by atoms with Crippen molar-refractivity contribution in [1.29, 1.82) is 0 Å². The molecule has 3 nitrogen and oxygen atoms in total. The van der Waals surface area contributed by atoms with Gasteiger partial charge in [-0.2, -0.15) is 0 Å². The van der Waals surface area contributed by atoms with Gasteiger partial charge in [-0.3, -0.25) is 4.79 Å². The molecule has 86 valence electrons. The zero-order chi connectivity index (χ0) is 12.2. The van der Waals surface area contributed by atoms with Gasteiger partial charge in [0, 0.05) is 5.56 Å². The number of phenols is 1. The number of benzene rings is 1. The molecule has 0 amide bonds. The third-order valence-corrected chi connectivity index (χ3v) is 3.55. The minimum atomic E-state index is -0.671. The number of carbonyl (C=O) groups is 1. The van der Waals surface area contributed by atoms with E-state index in [0.29, 0.717) is 5.75 Å².